The predicted molar refractivity (Wildman–Crippen MR) is 85.5 cm³/mol. The molecular weight excluding hydrogens is 308 g/mol. The molecule has 1 aliphatic heterocycles. The maximum Gasteiger partial charge on any atom is 0.322 e. The van der Waals surface area contributed by atoms with E-state index in [-0.39, 0.29) is 12.1 Å². The summed E-state index contributed by atoms with van der Waals surface area (Å²) < 4.78 is 5.06. The number of anilines is 1. The molecule has 1 N–H and O–H groups in total. The zero-order valence-electron chi connectivity index (χ0n) is 13.8. The first-order valence-electron chi connectivity index (χ1n) is 8.33. The lowest BCUT2D eigenvalue weighted by Gasteiger charge is -2.23. The van der Waals surface area contributed by atoms with Crippen LogP contribution in [0.15, 0.2) is 10.7 Å². The maximum atomic E-state index is 12.8. The lowest BCUT2D eigenvalue weighted by molar-refractivity contribution is 0.203. The van der Waals surface area contributed by atoms with Crippen molar-refractivity contribution in [1.29, 1.82) is 0 Å². The number of likely N-dealkylation sites (tertiary alicyclic amines) is 1. The van der Waals surface area contributed by atoms with Gasteiger partial charge in [0.1, 0.15) is 5.82 Å². The van der Waals surface area contributed by atoms with Crippen LogP contribution in [0, 0.1) is 13.8 Å². The van der Waals surface area contributed by atoms with Gasteiger partial charge in [0.15, 0.2) is 5.82 Å². The van der Waals surface area contributed by atoms with Gasteiger partial charge in [-0.05, 0) is 32.6 Å². The van der Waals surface area contributed by atoms with Crippen molar-refractivity contribution in [3.8, 4) is 0 Å². The van der Waals surface area contributed by atoms with Gasteiger partial charge in [0.25, 0.3) is 0 Å². The van der Waals surface area contributed by atoms with Crippen molar-refractivity contribution in [3.63, 3.8) is 0 Å². The fourth-order valence-corrected chi connectivity index (χ4v) is 3.17. The smallest absolute Gasteiger partial charge is 0.322 e. The van der Waals surface area contributed by atoms with E-state index in [1.165, 1.54) is 0 Å². The lowest BCUT2D eigenvalue weighted by Crippen LogP contribution is -2.35. The minimum Gasteiger partial charge on any atom is -0.340 e. The molecule has 0 unspecified atom stereocenters. The Balaban J connectivity index is 1.53. The molecule has 2 aromatic rings. The Hall–Kier alpha value is -2.51. The largest absolute Gasteiger partial charge is 0.340 e. The van der Waals surface area contributed by atoms with Crippen LogP contribution in [-0.2, 0) is 0 Å². The number of urea groups is 1. The second-order valence-electron chi connectivity index (χ2n) is 6.44. The minimum atomic E-state index is -0.158. The Labute approximate surface area is 139 Å². The topological polar surface area (TPSA) is 97.0 Å². The van der Waals surface area contributed by atoms with Gasteiger partial charge in [-0.2, -0.15) is 4.98 Å². The van der Waals surface area contributed by atoms with Gasteiger partial charge >= 0.3 is 6.03 Å². The predicted octanol–water partition coefficient (Wildman–Crippen LogP) is 2.72. The average Bonchev–Trinajstić information content (AvgIpc) is 3.12. The normalized spacial score (nSPS) is 20.4. The van der Waals surface area contributed by atoms with E-state index in [0.717, 1.165) is 37.2 Å². The molecule has 1 atom stereocenters. The van der Waals surface area contributed by atoms with Crippen molar-refractivity contribution in [1.82, 2.24) is 25.0 Å². The third kappa shape index (κ3) is 2.83. The van der Waals surface area contributed by atoms with Crippen LogP contribution in [0.1, 0.15) is 60.9 Å². The Morgan fingerprint density at radius 2 is 2.12 bits per heavy atom. The van der Waals surface area contributed by atoms with Crippen LogP contribution in [0.25, 0.3) is 0 Å². The molecule has 0 spiro atoms. The van der Waals surface area contributed by atoms with E-state index in [0.29, 0.717) is 29.9 Å². The number of nitrogens with one attached hydrogen (secondary N) is 1. The van der Waals surface area contributed by atoms with E-state index in [4.69, 9.17) is 4.52 Å². The van der Waals surface area contributed by atoms with E-state index < -0.39 is 0 Å². The zero-order chi connectivity index (χ0) is 16.7. The molecular formula is C16H20N6O2. The fourth-order valence-electron chi connectivity index (χ4n) is 3.17. The van der Waals surface area contributed by atoms with E-state index in [1.807, 2.05) is 6.92 Å². The van der Waals surface area contributed by atoms with Crippen molar-refractivity contribution in [3.05, 3.63) is 29.4 Å². The molecule has 0 radical (unpaired) electrons. The van der Waals surface area contributed by atoms with Crippen LogP contribution in [0.5, 0.6) is 0 Å². The fraction of sp³-hybridized carbons (Fsp3) is 0.562. The third-order valence-electron chi connectivity index (χ3n) is 4.50. The van der Waals surface area contributed by atoms with E-state index in [2.05, 4.69) is 25.4 Å². The number of nitrogens with zero attached hydrogens (tertiary/aromatic N) is 5. The second-order valence-corrected chi connectivity index (χ2v) is 6.44. The van der Waals surface area contributed by atoms with Crippen LogP contribution in [0.3, 0.4) is 0 Å². The summed E-state index contributed by atoms with van der Waals surface area (Å²) in [4.78, 5) is 27.5. The van der Waals surface area contributed by atoms with Gasteiger partial charge in [0.2, 0.25) is 5.89 Å². The zero-order valence-corrected chi connectivity index (χ0v) is 13.8. The third-order valence-corrected chi connectivity index (χ3v) is 4.50. The number of carbonyl (C=O) groups excluding carboxylic acids is 1. The van der Waals surface area contributed by atoms with Gasteiger partial charge in [-0.1, -0.05) is 5.16 Å². The van der Waals surface area contributed by atoms with E-state index >= 15 is 0 Å². The monoisotopic (exact) mass is 328 g/mol. The number of hydrogen-bond acceptors (Lipinski definition) is 6. The molecule has 1 saturated carbocycles. The highest BCUT2D eigenvalue weighted by Gasteiger charge is 2.34. The van der Waals surface area contributed by atoms with Crippen LogP contribution in [0.4, 0.5) is 10.5 Å². The summed E-state index contributed by atoms with van der Waals surface area (Å²) in [6, 6.07) is -0.299. The average molecular weight is 328 g/mol. The van der Waals surface area contributed by atoms with Gasteiger partial charge in [0.05, 0.1) is 23.6 Å². The van der Waals surface area contributed by atoms with Gasteiger partial charge in [0, 0.05) is 19.4 Å². The second kappa shape index (κ2) is 5.85. The standard InChI is InChI=1S/C16H20N6O2/c1-9-17-8-12(14(18-9)11-5-6-11)20-16(23)22-7-3-4-13(22)15-19-10(2)24-21-15/h8,11,13H,3-7H2,1-2H3,(H,20,23)/t13-/m1/s1. The summed E-state index contributed by atoms with van der Waals surface area (Å²) in [5.41, 5.74) is 1.66. The molecule has 2 aliphatic rings. The molecule has 2 fully saturated rings. The number of aryl methyl sites for hydroxylation is 2. The van der Waals surface area contributed by atoms with Crippen LogP contribution in [-0.4, -0.2) is 37.6 Å². The highest BCUT2D eigenvalue weighted by molar-refractivity contribution is 5.90. The first kappa shape index (κ1) is 15.0. The van der Waals surface area contributed by atoms with Crippen LogP contribution >= 0.6 is 0 Å². The van der Waals surface area contributed by atoms with Crippen molar-refractivity contribution in [2.45, 2.75) is 51.5 Å². The Morgan fingerprint density at radius 1 is 1.29 bits per heavy atom. The number of aromatic nitrogens is 4. The molecule has 8 heteroatoms. The van der Waals surface area contributed by atoms with Crippen molar-refractivity contribution in [2.24, 2.45) is 0 Å². The summed E-state index contributed by atoms with van der Waals surface area (Å²) in [6.07, 6.45) is 5.71. The van der Waals surface area contributed by atoms with Crippen molar-refractivity contribution in [2.75, 3.05) is 11.9 Å². The molecule has 0 aromatic carbocycles. The summed E-state index contributed by atoms with van der Waals surface area (Å²) in [5, 5.41) is 6.96. The molecule has 0 bridgehead atoms. The molecule has 1 saturated heterocycles. The Morgan fingerprint density at radius 3 is 2.83 bits per heavy atom. The van der Waals surface area contributed by atoms with Crippen molar-refractivity contribution < 1.29 is 9.32 Å². The number of rotatable bonds is 3. The van der Waals surface area contributed by atoms with Gasteiger partial charge in [-0.25, -0.2) is 14.8 Å². The molecule has 4 rings (SSSR count). The first-order valence-corrected chi connectivity index (χ1v) is 8.33. The number of hydrogen-bond donors (Lipinski definition) is 1. The molecule has 2 aromatic heterocycles. The Bertz CT molecular complexity index is 770. The lowest BCUT2D eigenvalue weighted by atomic mass is 10.2. The number of carbonyl (C=O) groups is 1. The molecule has 126 valence electrons. The minimum absolute atomic E-state index is 0.141. The van der Waals surface area contributed by atoms with Crippen molar-refractivity contribution >= 4 is 11.7 Å². The van der Waals surface area contributed by atoms with Gasteiger partial charge < -0.3 is 14.7 Å². The molecule has 1 aliphatic carbocycles. The summed E-state index contributed by atoms with van der Waals surface area (Å²) in [5.74, 6) is 2.26. The molecule has 24 heavy (non-hydrogen) atoms. The van der Waals surface area contributed by atoms with Gasteiger partial charge in [-0.15, -0.1) is 0 Å². The van der Waals surface area contributed by atoms with E-state index in [1.54, 1.807) is 18.0 Å². The molecule has 2 amide bonds. The SMILES string of the molecule is Cc1ncc(NC(=O)N2CCC[C@@H]2c2noc(C)n2)c(C2CC2)n1. The number of amides is 2. The molecule has 3 heterocycles. The summed E-state index contributed by atoms with van der Waals surface area (Å²) >= 11 is 0. The summed E-state index contributed by atoms with van der Waals surface area (Å²) in [7, 11) is 0. The first-order chi connectivity index (χ1) is 11.6. The maximum absolute atomic E-state index is 12.8. The highest BCUT2D eigenvalue weighted by Crippen LogP contribution is 2.42. The van der Waals surface area contributed by atoms with Gasteiger partial charge in [-0.3, -0.25) is 0 Å². The highest BCUT2D eigenvalue weighted by atomic mass is 16.5. The van der Waals surface area contributed by atoms with E-state index in [9.17, 15) is 4.79 Å². The van der Waals surface area contributed by atoms with Crippen LogP contribution < -0.4 is 5.32 Å². The quantitative estimate of drug-likeness (QED) is 0.930. The van der Waals surface area contributed by atoms with Crippen LogP contribution in [0.2, 0.25) is 0 Å². The Kier molecular flexibility index (Phi) is 3.66. The summed E-state index contributed by atoms with van der Waals surface area (Å²) in [6.45, 7) is 4.30. The molecule has 8 nitrogen and oxygen atoms in total.